The highest BCUT2D eigenvalue weighted by atomic mass is 32.1. The second kappa shape index (κ2) is 6.34. The number of rotatable bonds is 3. The quantitative estimate of drug-likeness (QED) is 0.586. The van der Waals surface area contributed by atoms with Crippen molar-refractivity contribution in [3.8, 4) is 6.07 Å². The van der Waals surface area contributed by atoms with Crippen LogP contribution in [0.3, 0.4) is 0 Å². The van der Waals surface area contributed by atoms with Crippen LogP contribution in [0.4, 0.5) is 5.69 Å². The van der Waals surface area contributed by atoms with E-state index in [4.69, 9.17) is 0 Å². The molecule has 0 saturated carbocycles. The van der Waals surface area contributed by atoms with E-state index in [-0.39, 0.29) is 5.91 Å². The number of fused-ring (bicyclic) bond motifs is 2. The Labute approximate surface area is 148 Å². The molecule has 4 rings (SSSR count). The van der Waals surface area contributed by atoms with Crippen molar-refractivity contribution in [3.63, 3.8) is 0 Å². The van der Waals surface area contributed by atoms with Gasteiger partial charge in [-0.2, -0.15) is 5.26 Å². The number of para-hydroxylation sites is 1. The summed E-state index contributed by atoms with van der Waals surface area (Å²) in [5.41, 5.74) is 1.50. The number of carbonyl (C=O) groups excluding carboxylic acids is 1. The first kappa shape index (κ1) is 15.3. The highest BCUT2D eigenvalue weighted by Gasteiger charge is 2.24. The molecule has 4 aromatic rings. The molecule has 0 bridgehead atoms. The average molecular weight is 343 g/mol. The second-order valence-corrected chi connectivity index (χ2v) is 6.66. The Morgan fingerprint density at radius 3 is 2.64 bits per heavy atom. The predicted molar refractivity (Wildman–Crippen MR) is 101 cm³/mol. The van der Waals surface area contributed by atoms with Gasteiger partial charge in [-0.3, -0.25) is 4.79 Å². The van der Waals surface area contributed by atoms with E-state index >= 15 is 0 Å². The third-order valence-corrected chi connectivity index (χ3v) is 5.10. The number of anilines is 1. The van der Waals surface area contributed by atoms with Crippen molar-refractivity contribution in [2.75, 3.05) is 5.32 Å². The summed E-state index contributed by atoms with van der Waals surface area (Å²) in [5, 5.41) is 14.9. The molecule has 1 heterocycles. The van der Waals surface area contributed by atoms with E-state index in [1.165, 1.54) is 11.3 Å². The van der Waals surface area contributed by atoms with Crippen LogP contribution in [0.1, 0.15) is 10.9 Å². The third-order valence-electron chi connectivity index (χ3n) is 4.00. The highest BCUT2D eigenvalue weighted by molar-refractivity contribution is 7.18. The number of carbonyl (C=O) groups is 1. The summed E-state index contributed by atoms with van der Waals surface area (Å²) in [6.45, 7) is 0. The molecule has 0 unspecified atom stereocenters. The molecule has 4 nitrogen and oxygen atoms in total. The minimum absolute atomic E-state index is 0.363. The molecular weight excluding hydrogens is 330 g/mol. The first-order valence-electron chi connectivity index (χ1n) is 7.80. The van der Waals surface area contributed by atoms with Gasteiger partial charge in [0, 0.05) is 11.1 Å². The lowest BCUT2D eigenvalue weighted by Gasteiger charge is -2.10. The molecule has 25 heavy (non-hydrogen) atoms. The largest absolute Gasteiger partial charge is 0.324 e. The van der Waals surface area contributed by atoms with E-state index in [1.807, 2.05) is 66.7 Å². The average Bonchev–Trinajstić information content (AvgIpc) is 3.06. The monoisotopic (exact) mass is 343 g/mol. The lowest BCUT2D eigenvalue weighted by Crippen LogP contribution is -2.20. The van der Waals surface area contributed by atoms with Gasteiger partial charge < -0.3 is 5.32 Å². The van der Waals surface area contributed by atoms with Gasteiger partial charge in [0.15, 0.2) is 5.92 Å². The van der Waals surface area contributed by atoms with Gasteiger partial charge in [-0.25, -0.2) is 4.98 Å². The molecule has 120 valence electrons. The highest BCUT2D eigenvalue weighted by Crippen LogP contribution is 2.29. The van der Waals surface area contributed by atoms with E-state index in [1.54, 1.807) is 0 Å². The zero-order valence-electron chi connectivity index (χ0n) is 13.1. The molecule has 0 aliphatic carbocycles. The number of hydrogen-bond acceptors (Lipinski definition) is 4. The zero-order valence-corrected chi connectivity index (χ0v) is 14.0. The molecule has 5 heteroatoms. The van der Waals surface area contributed by atoms with Gasteiger partial charge in [0.1, 0.15) is 5.01 Å². The molecule has 3 aromatic carbocycles. The van der Waals surface area contributed by atoms with Crippen LogP contribution in [0.5, 0.6) is 0 Å². The maximum atomic E-state index is 12.7. The fraction of sp³-hybridized carbons (Fsp3) is 0.0500. The van der Waals surface area contributed by atoms with Crippen LogP contribution in [0.25, 0.3) is 21.0 Å². The Morgan fingerprint density at radius 2 is 1.80 bits per heavy atom. The van der Waals surface area contributed by atoms with Crippen molar-refractivity contribution in [3.05, 3.63) is 71.7 Å². The molecule has 0 aliphatic heterocycles. The van der Waals surface area contributed by atoms with E-state index in [0.29, 0.717) is 10.7 Å². The molecule has 0 aliphatic rings. The van der Waals surface area contributed by atoms with Gasteiger partial charge in [0.2, 0.25) is 5.91 Å². The first-order chi connectivity index (χ1) is 12.3. The van der Waals surface area contributed by atoms with Crippen molar-refractivity contribution in [2.24, 2.45) is 0 Å². The molecule has 0 saturated heterocycles. The number of hydrogen-bond donors (Lipinski definition) is 1. The number of thiazole rings is 1. The number of aromatic nitrogens is 1. The number of nitrogens with zero attached hydrogens (tertiary/aromatic N) is 2. The summed E-state index contributed by atoms with van der Waals surface area (Å²) < 4.78 is 0.968. The Balaban J connectivity index is 1.67. The van der Waals surface area contributed by atoms with Crippen molar-refractivity contribution in [1.29, 1.82) is 5.26 Å². The standard InChI is InChI=1S/C20H13N3OS/c21-12-15(20-23-17-9-3-4-11-18(17)25-20)19(24)22-16-10-5-7-13-6-1-2-8-14(13)16/h1-11,15H,(H,22,24)/t15-/m0/s1. The fourth-order valence-electron chi connectivity index (χ4n) is 2.78. The summed E-state index contributed by atoms with van der Waals surface area (Å²) >= 11 is 1.38. The normalized spacial score (nSPS) is 12.0. The summed E-state index contributed by atoms with van der Waals surface area (Å²) in [4.78, 5) is 17.1. The topological polar surface area (TPSA) is 65.8 Å². The minimum atomic E-state index is -0.934. The summed E-state index contributed by atoms with van der Waals surface area (Å²) in [6, 6.07) is 23.2. The van der Waals surface area contributed by atoms with Crippen LogP contribution >= 0.6 is 11.3 Å². The number of nitriles is 1. The van der Waals surface area contributed by atoms with E-state index < -0.39 is 5.92 Å². The summed E-state index contributed by atoms with van der Waals surface area (Å²) in [7, 11) is 0. The first-order valence-corrected chi connectivity index (χ1v) is 8.61. The van der Waals surface area contributed by atoms with Crippen LogP contribution < -0.4 is 5.32 Å². The van der Waals surface area contributed by atoms with Gasteiger partial charge in [-0.05, 0) is 23.6 Å². The molecule has 1 aromatic heterocycles. The Morgan fingerprint density at radius 1 is 1.04 bits per heavy atom. The van der Waals surface area contributed by atoms with E-state index in [2.05, 4.69) is 16.4 Å². The van der Waals surface area contributed by atoms with Crippen LogP contribution in [0.15, 0.2) is 66.7 Å². The molecule has 0 fully saturated rings. The molecule has 1 amide bonds. The van der Waals surface area contributed by atoms with Crippen LogP contribution in [0.2, 0.25) is 0 Å². The van der Waals surface area contributed by atoms with Crippen molar-refractivity contribution in [1.82, 2.24) is 4.98 Å². The van der Waals surface area contributed by atoms with Crippen LogP contribution in [0, 0.1) is 11.3 Å². The van der Waals surface area contributed by atoms with Crippen molar-refractivity contribution >= 4 is 43.9 Å². The second-order valence-electron chi connectivity index (χ2n) is 5.60. The van der Waals surface area contributed by atoms with Gasteiger partial charge in [-0.15, -0.1) is 11.3 Å². The molecule has 1 atom stereocenters. The van der Waals surface area contributed by atoms with Crippen molar-refractivity contribution < 1.29 is 4.79 Å². The zero-order chi connectivity index (χ0) is 17.2. The Hall–Kier alpha value is -3.23. The SMILES string of the molecule is N#C[C@@H](C(=O)Nc1cccc2ccccc12)c1nc2ccccc2s1. The maximum Gasteiger partial charge on any atom is 0.248 e. The third kappa shape index (κ3) is 2.84. The lowest BCUT2D eigenvalue weighted by molar-refractivity contribution is -0.116. The Kier molecular flexibility index (Phi) is 3.88. The van der Waals surface area contributed by atoms with Crippen molar-refractivity contribution in [2.45, 2.75) is 5.92 Å². The smallest absolute Gasteiger partial charge is 0.248 e. The van der Waals surface area contributed by atoms with Gasteiger partial charge in [0.05, 0.1) is 16.3 Å². The van der Waals surface area contributed by atoms with Crippen LogP contribution in [-0.2, 0) is 4.79 Å². The van der Waals surface area contributed by atoms with E-state index in [0.717, 1.165) is 21.0 Å². The Bertz CT molecular complexity index is 1090. The summed E-state index contributed by atoms with van der Waals surface area (Å²) in [6.07, 6.45) is 0. The molecule has 1 N–H and O–H groups in total. The minimum Gasteiger partial charge on any atom is -0.324 e. The number of amides is 1. The summed E-state index contributed by atoms with van der Waals surface area (Å²) in [5.74, 6) is -1.30. The molecule has 0 radical (unpaired) electrons. The van der Waals surface area contributed by atoms with Gasteiger partial charge >= 0.3 is 0 Å². The van der Waals surface area contributed by atoms with Crippen LogP contribution in [-0.4, -0.2) is 10.9 Å². The number of benzene rings is 3. The predicted octanol–water partition coefficient (Wildman–Crippen LogP) is 4.70. The maximum absolute atomic E-state index is 12.7. The van der Waals surface area contributed by atoms with Gasteiger partial charge in [-0.1, -0.05) is 48.5 Å². The fourth-order valence-corrected chi connectivity index (χ4v) is 3.79. The number of nitrogens with one attached hydrogen (secondary N) is 1. The molecular formula is C20H13N3OS. The van der Waals surface area contributed by atoms with Gasteiger partial charge in [0.25, 0.3) is 0 Å². The lowest BCUT2D eigenvalue weighted by atomic mass is 10.1. The molecule has 0 spiro atoms. The van der Waals surface area contributed by atoms with E-state index in [9.17, 15) is 10.1 Å².